The lowest BCUT2D eigenvalue weighted by Gasteiger charge is -2.35. The number of nitrogens with zero attached hydrogens (tertiary/aromatic N) is 3. The molecule has 0 unspecified atom stereocenters. The number of fused-ring (bicyclic) bond motifs is 1. The van der Waals surface area contributed by atoms with Gasteiger partial charge in [0.25, 0.3) is 5.91 Å². The van der Waals surface area contributed by atoms with Gasteiger partial charge in [0.05, 0.1) is 6.61 Å². The maximum Gasteiger partial charge on any atom is 0.270 e. The average molecular weight is 429 g/mol. The molecule has 1 fully saturated rings. The first kappa shape index (κ1) is 17.9. The first-order chi connectivity index (χ1) is 13.1. The zero-order chi connectivity index (χ0) is 18.8. The van der Waals surface area contributed by atoms with Gasteiger partial charge in [-0.15, -0.1) is 0 Å². The summed E-state index contributed by atoms with van der Waals surface area (Å²) < 4.78 is 6.50. The van der Waals surface area contributed by atoms with Crippen molar-refractivity contribution in [1.82, 2.24) is 14.9 Å². The van der Waals surface area contributed by atoms with Crippen molar-refractivity contribution in [2.24, 2.45) is 0 Å². The predicted octanol–water partition coefficient (Wildman–Crippen LogP) is 3.69. The van der Waals surface area contributed by atoms with Gasteiger partial charge in [-0.3, -0.25) is 4.79 Å². The Bertz CT molecular complexity index is 946. The highest BCUT2D eigenvalue weighted by Gasteiger charge is 2.24. The first-order valence-corrected chi connectivity index (χ1v) is 9.84. The Kier molecular flexibility index (Phi) is 5.03. The van der Waals surface area contributed by atoms with Crippen LogP contribution in [0.2, 0.25) is 0 Å². The molecule has 0 radical (unpaired) electrons. The summed E-state index contributed by atoms with van der Waals surface area (Å²) >= 11 is 3.41. The number of aromatic amines is 1. The number of hydrogen-bond donors (Lipinski definition) is 1. The molecule has 0 aliphatic carbocycles. The fourth-order valence-electron chi connectivity index (χ4n) is 3.34. The van der Waals surface area contributed by atoms with Gasteiger partial charge in [0.1, 0.15) is 17.3 Å². The Morgan fingerprint density at radius 2 is 2.00 bits per heavy atom. The minimum absolute atomic E-state index is 0.0348. The second-order valence-corrected chi connectivity index (χ2v) is 7.39. The van der Waals surface area contributed by atoms with Gasteiger partial charge >= 0.3 is 0 Å². The first-order valence-electron chi connectivity index (χ1n) is 9.05. The molecule has 7 heteroatoms. The van der Waals surface area contributed by atoms with Gasteiger partial charge in [-0.1, -0.05) is 0 Å². The molecule has 1 N–H and O–H groups in total. The maximum absolute atomic E-state index is 12.9. The lowest BCUT2D eigenvalue weighted by Crippen LogP contribution is -2.49. The van der Waals surface area contributed by atoms with Crippen LogP contribution < -0.4 is 9.64 Å². The maximum atomic E-state index is 12.9. The molecule has 1 aromatic carbocycles. The monoisotopic (exact) mass is 428 g/mol. The van der Waals surface area contributed by atoms with Gasteiger partial charge in [0, 0.05) is 53.8 Å². The van der Waals surface area contributed by atoms with Gasteiger partial charge in [0.15, 0.2) is 0 Å². The molecule has 140 valence electrons. The molecule has 3 heterocycles. The van der Waals surface area contributed by atoms with Crippen LogP contribution in [0.1, 0.15) is 17.4 Å². The quantitative estimate of drug-likeness (QED) is 0.688. The van der Waals surface area contributed by atoms with Crippen LogP contribution in [0.15, 0.2) is 47.1 Å². The number of ether oxygens (including phenoxy) is 1. The number of amides is 1. The van der Waals surface area contributed by atoms with Crippen LogP contribution >= 0.6 is 15.9 Å². The number of rotatable bonds is 4. The van der Waals surface area contributed by atoms with Crippen LogP contribution in [0.4, 0.5) is 5.82 Å². The Balaban J connectivity index is 1.44. The Labute approximate surface area is 166 Å². The van der Waals surface area contributed by atoms with Crippen LogP contribution in [0.3, 0.4) is 0 Å². The number of carbonyl (C=O) groups excluding carboxylic acids is 1. The molecular weight excluding hydrogens is 408 g/mol. The lowest BCUT2D eigenvalue weighted by atomic mass is 10.2. The molecule has 27 heavy (non-hydrogen) atoms. The van der Waals surface area contributed by atoms with Crippen LogP contribution in [0.5, 0.6) is 5.75 Å². The van der Waals surface area contributed by atoms with Gasteiger partial charge in [-0.05, 0) is 53.2 Å². The molecule has 2 aromatic heterocycles. The van der Waals surface area contributed by atoms with Crippen molar-refractivity contribution >= 4 is 38.6 Å². The predicted molar refractivity (Wildman–Crippen MR) is 110 cm³/mol. The van der Waals surface area contributed by atoms with E-state index in [0.29, 0.717) is 25.4 Å². The summed E-state index contributed by atoms with van der Waals surface area (Å²) in [6, 6.07) is 11.7. The summed E-state index contributed by atoms with van der Waals surface area (Å²) in [4.78, 5) is 24.7. The molecule has 0 saturated carbocycles. The molecule has 4 rings (SSSR count). The third-order valence-corrected chi connectivity index (χ3v) is 5.21. The number of anilines is 1. The topological polar surface area (TPSA) is 61.5 Å². The summed E-state index contributed by atoms with van der Waals surface area (Å²) in [5.74, 6) is 1.79. The molecule has 0 atom stereocenters. The SMILES string of the molecule is CCOc1ccc2cc(C(=O)N3CCN(c4ccc(Br)cn4)CC3)[nH]c2c1. The number of aromatic nitrogens is 2. The van der Waals surface area contributed by atoms with Crippen molar-refractivity contribution in [1.29, 1.82) is 0 Å². The normalized spacial score (nSPS) is 14.6. The minimum Gasteiger partial charge on any atom is -0.494 e. The molecule has 6 nitrogen and oxygen atoms in total. The molecule has 1 amide bonds. The zero-order valence-corrected chi connectivity index (χ0v) is 16.7. The van der Waals surface area contributed by atoms with Crippen LogP contribution in [0, 0.1) is 0 Å². The minimum atomic E-state index is 0.0348. The van der Waals surface area contributed by atoms with Crippen molar-refractivity contribution in [2.45, 2.75) is 6.92 Å². The number of piperazine rings is 1. The molecule has 0 spiro atoms. The summed E-state index contributed by atoms with van der Waals surface area (Å²) in [5.41, 5.74) is 1.54. The fraction of sp³-hybridized carbons (Fsp3) is 0.300. The summed E-state index contributed by atoms with van der Waals surface area (Å²) in [6.45, 7) is 5.48. The molecular formula is C20H21BrN4O2. The molecule has 1 aliphatic rings. The van der Waals surface area contributed by atoms with Crippen molar-refractivity contribution < 1.29 is 9.53 Å². The van der Waals surface area contributed by atoms with Crippen molar-refractivity contribution in [3.05, 3.63) is 52.8 Å². The summed E-state index contributed by atoms with van der Waals surface area (Å²) in [7, 11) is 0. The van der Waals surface area contributed by atoms with Crippen LogP contribution in [-0.2, 0) is 0 Å². The highest BCUT2D eigenvalue weighted by Crippen LogP contribution is 2.23. The van der Waals surface area contributed by atoms with E-state index in [2.05, 4.69) is 30.8 Å². The van der Waals surface area contributed by atoms with E-state index in [4.69, 9.17) is 4.74 Å². The molecule has 1 aliphatic heterocycles. The van der Waals surface area contributed by atoms with Gasteiger partial charge in [-0.2, -0.15) is 0 Å². The summed E-state index contributed by atoms with van der Waals surface area (Å²) in [6.07, 6.45) is 1.80. The van der Waals surface area contributed by atoms with Crippen LogP contribution in [0.25, 0.3) is 10.9 Å². The number of halogens is 1. The van der Waals surface area contributed by atoms with E-state index in [-0.39, 0.29) is 5.91 Å². The summed E-state index contributed by atoms with van der Waals surface area (Å²) in [5, 5.41) is 1.01. The van der Waals surface area contributed by atoms with Crippen LogP contribution in [-0.4, -0.2) is 53.6 Å². The Morgan fingerprint density at radius 1 is 1.19 bits per heavy atom. The third kappa shape index (κ3) is 3.78. The number of hydrogen-bond acceptors (Lipinski definition) is 4. The van der Waals surface area contributed by atoms with Gasteiger partial charge in [0.2, 0.25) is 0 Å². The number of benzene rings is 1. The number of carbonyl (C=O) groups is 1. The van der Waals surface area contributed by atoms with Gasteiger partial charge in [-0.25, -0.2) is 4.98 Å². The van der Waals surface area contributed by atoms with E-state index in [1.807, 2.05) is 48.2 Å². The standard InChI is InChI=1S/C20H21BrN4O2/c1-2-27-16-5-3-14-11-18(23-17(14)12-16)20(26)25-9-7-24(8-10-25)19-6-4-15(21)13-22-19/h3-6,11-13,23H,2,7-10H2,1H3. The van der Waals surface area contributed by atoms with E-state index in [0.717, 1.165) is 40.0 Å². The third-order valence-electron chi connectivity index (χ3n) is 4.74. The Morgan fingerprint density at radius 3 is 2.70 bits per heavy atom. The number of nitrogens with one attached hydrogen (secondary N) is 1. The largest absolute Gasteiger partial charge is 0.494 e. The van der Waals surface area contributed by atoms with Gasteiger partial charge < -0.3 is 19.5 Å². The van der Waals surface area contributed by atoms with E-state index in [9.17, 15) is 4.79 Å². The highest BCUT2D eigenvalue weighted by atomic mass is 79.9. The number of H-pyrrole nitrogens is 1. The van der Waals surface area contributed by atoms with E-state index in [1.165, 1.54) is 0 Å². The fourth-order valence-corrected chi connectivity index (χ4v) is 3.58. The van der Waals surface area contributed by atoms with E-state index >= 15 is 0 Å². The second kappa shape index (κ2) is 7.60. The van der Waals surface area contributed by atoms with Crippen molar-refractivity contribution in [3.63, 3.8) is 0 Å². The number of pyridine rings is 1. The lowest BCUT2D eigenvalue weighted by molar-refractivity contribution is 0.0741. The van der Waals surface area contributed by atoms with Crippen molar-refractivity contribution in [3.8, 4) is 5.75 Å². The van der Waals surface area contributed by atoms with E-state index in [1.54, 1.807) is 6.20 Å². The smallest absolute Gasteiger partial charge is 0.270 e. The molecule has 0 bridgehead atoms. The van der Waals surface area contributed by atoms with Crippen molar-refractivity contribution in [2.75, 3.05) is 37.7 Å². The highest BCUT2D eigenvalue weighted by molar-refractivity contribution is 9.10. The van der Waals surface area contributed by atoms with E-state index < -0.39 is 0 Å². The Hall–Kier alpha value is -2.54. The zero-order valence-electron chi connectivity index (χ0n) is 15.1. The second-order valence-electron chi connectivity index (χ2n) is 6.48. The molecule has 1 saturated heterocycles. The molecule has 3 aromatic rings. The average Bonchev–Trinajstić information content (AvgIpc) is 3.12.